The summed E-state index contributed by atoms with van der Waals surface area (Å²) in [7, 11) is -3.90. The summed E-state index contributed by atoms with van der Waals surface area (Å²) >= 11 is 15.7. The van der Waals surface area contributed by atoms with Crippen LogP contribution in [0.25, 0.3) is 0 Å². The number of hydrogen-bond acceptors (Lipinski definition) is 4. The average molecular weight is 579 g/mol. The van der Waals surface area contributed by atoms with Gasteiger partial charge in [-0.05, 0) is 56.7 Å². The Morgan fingerprint density at radius 3 is 2.33 bits per heavy atom. The predicted molar refractivity (Wildman–Crippen MR) is 136 cm³/mol. The average Bonchev–Trinajstić information content (AvgIpc) is 2.70. The molecule has 0 aliphatic rings. The Morgan fingerprint density at radius 2 is 1.76 bits per heavy atom. The van der Waals surface area contributed by atoms with Crippen LogP contribution in [0.2, 0.25) is 10.0 Å². The van der Waals surface area contributed by atoms with Gasteiger partial charge in [-0.15, -0.1) is 0 Å². The molecule has 2 aromatic carbocycles. The molecule has 180 valence electrons. The highest BCUT2D eigenvalue weighted by molar-refractivity contribution is 9.10. The molecule has 1 atom stereocenters. The van der Waals surface area contributed by atoms with E-state index in [1.165, 1.54) is 23.1 Å². The van der Waals surface area contributed by atoms with Crippen molar-refractivity contribution in [3.63, 3.8) is 0 Å². The van der Waals surface area contributed by atoms with Gasteiger partial charge in [0.05, 0.1) is 17.0 Å². The second kappa shape index (κ2) is 11.6. The number of nitrogens with one attached hydrogen (secondary N) is 1. The minimum absolute atomic E-state index is 0.0849. The third kappa shape index (κ3) is 7.88. The van der Waals surface area contributed by atoms with Gasteiger partial charge in [-0.1, -0.05) is 51.3 Å². The molecule has 0 radical (unpaired) electrons. The van der Waals surface area contributed by atoms with Crippen molar-refractivity contribution in [1.82, 2.24) is 10.2 Å². The molecule has 7 nitrogen and oxygen atoms in total. The van der Waals surface area contributed by atoms with E-state index in [4.69, 9.17) is 23.2 Å². The van der Waals surface area contributed by atoms with Crippen LogP contribution in [-0.4, -0.2) is 50.0 Å². The van der Waals surface area contributed by atoms with Crippen molar-refractivity contribution >= 4 is 66.7 Å². The molecule has 0 fully saturated rings. The topological polar surface area (TPSA) is 86.8 Å². The second-order valence-electron chi connectivity index (χ2n) is 7.86. The van der Waals surface area contributed by atoms with E-state index in [1.54, 1.807) is 6.92 Å². The number of carbonyl (C=O) groups is 2. The third-order valence-electron chi connectivity index (χ3n) is 4.70. The maximum Gasteiger partial charge on any atom is 0.244 e. The highest BCUT2D eigenvalue weighted by Crippen LogP contribution is 2.31. The lowest BCUT2D eigenvalue weighted by Crippen LogP contribution is -2.52. The van der Waals surface area contributed by atoms with Gasteiger partial charge >= 0.3 is 0 Å². The minimum atomic E-state index is -3.90. The van der Waals surface area contributed by atoms with Crippen LogP contribution in [0, 0.1) is 0 Å². The van der Waals surface area contributed by atoms with Gasteiger partial charge in [0.1, 0.15) is 12.6 Å². The van der Waals surface area contributed by atoms with Crippen LogP contribution >= 0.6 is 39.1 Å². The maximum absolute atomic E-state index is 13.4. The van der Waals surface area contributed by atoms with Gasteiger partial charge in [0.25, 0.3) is 0 Å². The van der Waals surface area contributed by atoms with Gasteiger partial charge in [0.15, 0.2) is 0 Å². The molecule has 0 bridgehead atoms. The Morgan fingerprint density at radius 1 is 1.09 bits per heavy atom. The summed E-state index contributed by atoms with van der Waals surface area (Å²) < 4.78 is 26.9. The maximum atomic E-state index is 13.4. The Hall–Kier alpha value is -1.81. The minimum Gasteiger partial charge on any atom is -0.352 e. The fraction of sp³-hybridized carbons (Fsp3) is 0.364. The van der Waals surface area contributed by atoms with E-state index in [0.29, 0.717) is 0 Å². The number of rotatable bonds is 9. The fourth-order valence-corrected chi connectivity index (χ4v) is 4.83. The largest absolute Gasteiger partial charge is 0.352 e. The van der Waals surface area contributed by atoms with Gasteiger partial charge < -0.3 is 10.2 Å². The van der Waals surface area contributed by atoms with E-state index in [9.17, 15) is 18.0 Å². The van der Waals surface area contributed by atoms with E-state index in [0.717, 1.165) is 20.6 Å². The molecule has 2 amide bonds. The van der Waals surface area contributed by atoms with Crippen molar-refractivity contribution in [2.45, 2.75) is 39.4 Å². The zero-order chi connectivity index (χ0) is 24.9. The zero-order valence-corrected chi connectivity index (χ0v) is 22.6. The smallest absolute Gasteiger partial charge is 0.244 e. The van der Waals surface area contributed by atoms with Crippen molar-refractivity contribution in [3.8, 4) is 0 Å². The van der Waals surface area contributed by atoms with Crippen LogP contribution in [0.15, 0.2) is 46.9 Å². The Bertz CT molecular complexity index is 1130. The van der Waals surface area contributed by atoms with E-state index >= 15 is 0 Å². The van der Waals surface area contributed by atoms with Gasteiger partial charge in [-0.2, -0.15) is 0 Å². The zero-order valence-electron chi connectivity index (χ0n) is 18.7. The summed E-state index contributed by atoms with van der Waals surface area (Å²) in [5.41, 5.74) is 0.857. The molecule has 1 N–H and O–H groups in total. The highest BCUT2D eigenvalue weighted by Gasteiger charge is 2.31. The molecule has 11 heteroatoms. The Labute approximate surface area is 213 Å². The summed E-state index contributed by atoms with van der Waals surface area (Å²) in [5, 5.41) is 3.19. The molecule has 0 aromatic heterocycles. The normalized spacial score (nSPS) is 12.4. The van der Waals surface area contributed by atoms with Crippen LogP contribution in [0.3, 0.4) is 0 Å². The van der Waals surface area contributed by atoms with E-state index in [-0.39, 0.29) is 34.2 Å². The molecule has 2 aromatic rings. The second-order valence-corrected chi connectivity index (χ2v) is 11.5. The van der Waals surface area contributed by atoms with Gasteiger partial charge in [0.2, 0.25) is 21.8 Å². The van der Waals surface area contributed by atoms with E-state index in [1.807, 2.05) is 38.1 Å². The van der Waals surface area contributed by atoms with Crippen molar-refractivity contribution in [2.24, 2.45) is 0 Å². The summed E-state index contributed by atoms with van der Waals surface area (Å²) in [5.74, 6) is -0.914. The summed E-state index contributed by atoms with van der Waals surface area (Å²) in [6.45, 7) is 4.79. The molecule has 0 saturated carbocycles. The molecule has 33 heavy (non-hydrogen) atoms. The van der Waals surface area contributed by atoms with Crippen LogP contribution in [0.1, 0.15) is 26.3 Å². The SMILES string of the molecule is CC(C)NC(=O)[C@H](C)N(Cc1cccc(Br)c1)C(=O)CN(c1cc(Cl)ccc1Cl)S(C)(=O)=O. The first kappa shape index (κ1) is 27.4. The molecule has 0 aliphatic carbocycles. The predicted octanol–water partition coefficient (Wildman–Crippen LogP) is 4.46. The highest BCUT2D eigenvalue weighted by atomic mass is 79.9. The van der Waals surface area contributed by atoms with Crippen molar-refractivity contribution in [3.05, 3.63) is 62.5 Å². The Kier molecular flexibility index (Phi) is 9.60. The Balaban J connectivity index is 2.44. The van der Waals surface area contributed by atoms with Crippen molar-refractivity contribution < 1.29 is 18.0 Å². The standard InChI is InChI=1S/C22H26BrCl2N3O4S/c1-14(2)26-22(30)15(3)27(12-16-6-5-7-17(23)10-16)21(29)13-28(33(4,31)32)20-11-18(24)8-9-19(20)25/h5-11,14-15H,12-13H2,1-4H3,(H,26,30)/t15-/m0/s1. The number of sulfonamides is 1. The molecule has 2 rings (SSSR count). The van der Waals surface area contributed by atoms with Gasteiger partial charge in [-0.25, -0.2) is 8.42 Å². The number of nitrogens with zero attached hydrogens (tertiary/aromatic N) is 2. The summed E-state index contributed by atoms with van der Waals surface area (Å²) in [6.07, 6.45) is 0.977. The van der Waals surface area contributed by atoms with Gasteiger partial charge in [-0.3, -0.25) is 13.9 Å². The molecule has 0 aliphatic heterocycles. The molecule has 0 heterocycles. The quantitative estimate of drug-likeness (QED) is 0.476. The van der Waals surface area contributed by atoms with Crippen molar-refractivity contribution in [1.29, 1.82) is 0 Å². The number of benzene rings is 2. The number of anilines is 1. The lowest BCUT2D eigenvalue weighted by molar-refractivity contribution is -0.139. The fourth-order valence-electron chi connectivity index (χ4n) is 3.09. The van der Waals surface area contributed by atoms with Crippen LogP contribution in [0.5, 0.6) is 0 Å². The van der Waals surface area contributed by atoms with Crippen LogP contribution in [-0.2, 0) is 26.2 Å². The monoisotopic (exact) mass is 577 g/mol. The van der Waals surface area contributed by atoms with Crippen LogP contribution < -0.4 is 9.62 Å². The summed E-state index contributed by atoms with van der Waals surface area (Å²) in [4.78, 5) is 27.5. The van der Waals surface area contributed by atoms with E-state index in [2.05, 4.69) is 21.2 Å². The number of carbonyl (C=O) groups excluding carboxylic acids is 2. The molecular formula is C22H26BrCl2N3O4S. The number of amides is 2. The van der Waals surface area contributed by atoms with Crippen molar-refractivity contribution in [2.75, 3.05) is 17.1 Å². The molecular weight excluding hydrogens is 553 g/mol. The van der Waals surface area contributed by atoms with Crippen LogP contribution in [0.4, 0.5) is 5.69 Å². The first-order chi connectivity index (χ1) is 15.3. The third-order valence-corrected chi connectivity index (χ3v) is 6.87. The molecule has 0 unspecified atom stereocenters. The molecule has 0 spiro atoms. The molecule has 0 saturated heterocycles. The lowest BCUT2D eigenvalue weighted by Gasteiger charge is -2.32. The van der Waals surface area contributed by atoms with Gasteiger partial charge in [0, 0.05) is 22.1 Å². The number of halogens is 3. The first-order valence-corrected chi connectivity index (χ1v) is 13.5. The van der Waals surface area contributed by atoms with E-state index < -0.39 is 28.5 Å². The number of hydrogen-bond donors (Lipinski definition) is 1. The summed E-state index contributed by atoms with van der Waals surface area (Å²) in [6, 6.07) is 10.7. The lowest BCUT2D eigenvalue weighted by atomic mass is 10.1. The first-order valence-electron chi connectivity index (χ1n) is 10.1.